The number of aromatic nitrogens is 3. The second-order valence-electron chi connectivity index (χ2n) is 7.97. The Labute approximate surface area is 158 Å². The van der Waals surface area contributed by atoms with E-state index in [1.54, 1.807) is 16.8 Å². The Morgan fingerprint density at radius 2 is 2.11 bits per heavy atom. The molecule has 0 N–H and O–H groups in total. The van der Waals surface area contributed by atoms with E-state index in [9.17, 15) is 4.39 Å². The van der Waals surface area contributed by atoms with Crippen LogP contribution in [0, 0.1) is 5.92 Å². The average molecular weight is 368 g/mol. The predicted molar refractivity (Wildman–Crippen MR) is 103 cm³/mol. The second kappa shape index (κ2) is 6.75. The topological polar surface area (TPSA) is 42.7 Å². The Hall–Kier alpha value is -2.21. The predicted octanol–water partition coefficient (Wildman–Crippen LogP) is 4.15. The van der Waals surface area contributed by atoms with Gasteiger partial charge in [0, 0.05) is 37.3 Å². The lowest BCUT2D eigenvalue weighted by Gasteiger charge is -2.35. The van der Waals surface area contributed by atoms with Gasteiger partial charge in [0.2, 0.25) is 0 Å². The van der Waals surface area contributed by atoms with E-state index in [2.05, 4.69) is 17.0 Å². The van der Waals surface area contributed by atoms with Gasteiger partial charge < -0.3 is 9.64 Å². The lowest BCUT2D eigenvalue weighted by Crippen LogP contribution is -2.34. The van der Waals surface area contributed by atoms with E-state index in [0.717, 1.165) is 30.8 Å². The quantitative estimate of drug-likeness (QED) is 0.700. The molecule has 1 fully saturated rings. The Morgan fingerprint density at radius 3 is 3.04 bits per heavy atom. The largest absolute Gasteiger partial charge is 0.370 e. The van der Waals surface area contributed by atoms with Crippen molar-refractivity contribution >= 4 is 17.0 Å². The van der Waals surface area contributed by atoms with E-state index >= 15 is 0 Å². The molecule has 5 nitrogen and oxygen atoms in total. The van der Waals surface area contributed by atoms with Crippen LogP contribution in [0.2, 0.25) is 0 Å². The van der Waals surface area contributed by atoms with Crippen molar-refractivity contribution in [3.63, 3.8) is 0 Å². The maximum absolute atomic E-state index is 14.7. The van der Waals surface area contributed by atoms with E-state index in [-0.39, 0.29) is 18.0 Å². The fraction of sp³-hybridized carbons (Fsp3) is 0.524. The van der Waals surface area contributed by atoms with Gasteiger partial charge in [0.15, 0.2) is 5.65 Å². The molecule has 0 saturated heterocycles. The van der Waals surface area contributed by atoms with Crippen LogP contribution in [0.15, 0.2) is 36.4 Å². The summed E-state index contributed by atoms with van der Waals surface area (Å²) in [6, 6.07) is 1.98. The number of rotatable bonds is 0. The van der Waals surface area contributed by atoms with Gasteiger partial charge in [0.05, 0.1) is 18.4 Å². The Balaban J connectivity index is 1.60. The van der Waals surface area contributed by atoms with E-state index in [1.165, 1.54) is 19.3 Å². The summed E-state index contributed by atoms with van der Waals surface area (Å²) in [5.74, 6) is 1.25. The van der Waals surface area contributed by atoms with Gasteiger partial charge >= 0.3 is 0 Å². The van der Waals surface area contributed by atoms with Crippen LogP contribution in [0.25, 0.3) is 11.2 Å². The third-order valence-corrected chi connectivity index (χ3v) is 6.25. The first-order valence-corrected chi connectivity index (χ1v) is 9.97. The SMILES string of the molecule is CN1CCC2CCCCC2OC2C=CC(F)=C(C2)c2cnn3ccc1nc23. The van der Waals surface area contributed by atoms with Crippen molar-refractivity contribution in [1.82, 2.24) is 14.6 Å². The molecule has 3 unspecified atom stereocenters. The van der Waals surface area contributed by atoms with Crippen LogP contribution in [0.4, 0.5) is 10.2 Å². The number of hydrogen-bond acceptors (Lipinski definition) is 4. The lowest BCUT2D eigenvalue weighted by molar-refractivity contribution is -0.0408. The van der Waals surface area contributed by atoms with Crippen molar-refractivity contribution in [1.29, 1.82) is 0 Å². The summed E-state index contributed by atoms with van der Waals surface area (Å²) >= 11 is 0. The summed E-state index contributed by atoms with van der Waals surface area (Å²) in [5.41, 5.74) is 2.12. The summed E-state index contributed by atoms with van der Waals surface area (Å²) < 4.78 is 22.9. The summed E-state index contributed by atoms with van der Waals surface area (Å²) in [7, 11) is 2.08. The van der Waals surface area contributed by atoms with Crippen molar-refractivity contribution in [2.75, 3.05) is 18.5 Å². The smallest absolute Gasteiger partial charge is 0.164 e. The first kappa shape index (κ1) is 16.9. The molecule has 1 saturated carbocycles. The van der Waals surface area contributed by atoms with Crippen LogP contribution in [-0.2, 0) is 4.74 Å². The van der Waals surface area contributed by atoms with Crippen LogP contribution in [0.1, 0.15) is 44.1 Å². The Kier molecular flexibility index (Phi) is 4.23. The maximum Gasteiger partial charge on any atom is 0.164 e. The standard InChI is InChI=1S/C21H25FN4O/c1-25-10-8-14-4-2-3-5-19(14)27-15-6-7-18(22)16(12-15)17-13-23-26-11-9-20(25)24-21(17)26/h6-7,9,11,13-15,19H,2-5,8,10,12H2,1H3. The molecule has 142 valence electrons. The number of fused-ring (bicyclic) bond motifs is 5. The minimum absolute atomic E-state index is 0.0817. The highest BCUT2D eigenvalue weighted by Gasteiger charge is 2.30. The number of nitrogens with zero attached hydrogens (tertiary/aromatic N) is 4. The van der Waals surface area contributed by atoms with Crippen LogP contribution in [0.5, 0.6) is 0 Å². The van der Waals surface area contributed by atoms with Gasteiger partial charge in [0.1, 0.15) is 11.6 Å². The lowest BCUT2D eigenvalue weighted by atomic mass is 9.83. The van der Waals surface area contributed by atoms with Crippen LogP contribution in [0.3, 0.4) is 0 Å². The third kappa shape index (κ3) is 3.06. The van der Waals surface area contributed by atoms with Gasteiger partial charge in [0.25, 0.3) is 0 Å². The van der Waals surface area contributed by atoms with Gasteiger partial charge in [-0.3, -0.25) is 0 Å². The maximum atomic E-state index is 14.7. The van der Waals surface area contributed by atoms with Crippen molar-refractivity contribution in [2.45, 2.75) is 50.7 Å². The van der Waals surface area contributed by atoms with E-state index < -0.39 is 0 Å². The third-order valence-electron chi connectivity index (χ3n) is 6.25. The van der Waals surface area contributed by atoms with Crippen molar-refractivity contribution in [2.24, 2.45) is 5.92 Å². The number of anilines is 1. The van der Waals surface area contributed by atoms with Gasteiger partial charge in [-0.15, -0.1) is 0 Å². The molecule has 2 aliphatic carbocycles. The molecule has 0 spiro atoms. The molecule has 0 amide bonds. The van der Waals surface area contributed by atoms with Crippen molar-refractivity contribution in [3.8, 4) is 0 Å². The highest BCUT2D eigenvalue weighted by Crippen LogP contribution is 2.37. The molecule has 5 rings (SSSR count). The van der Waals surface area contributed by atoms with Gasteiger partial charge in [-0.25, -0.2) is 13.9 Å². The average Bonchev–Trinajstić information content (AvgIpc) is 3.11. The van der Waals surface area contributed by atoms with Crippen LogP contribution >= 0.6 is 0 Å². The molecule has 3 heterocycles. The fourth-order valence-corrected chi connectivity index (χ4v) is 4.66. The number of halogens is 1. The first-order chi connectivity index (χ1) is 13.2. The molecule has 6 heteroatoms. The highest BCUT2D eigenvalue weighted by atomic mass is 19.1. The molecule has 0 aromatic carbocycles. The molecule has 3 atom stereocenters. The monoisotopic (exact) mass is 368 g/mol. The zero-order valence-electron chi connectivity index (χ0n) is 15.6. The first-order valence-electron chi connectivity index (χ1n) is 9.97. The van der Waals surface area contributed by atoms with Gasteiger partial charge in [-0.1, -0.05) is 18.9 Å². The fourth-order valence-electron chi connectivity index (χ4n) is 4.66. The summed E-state index contributed by atoms with van der Waals surface area (Å²) in [6.07, 6.45) is 13.7. The molecule has 0 radical (unpaired) electrons. The molecule has 3 aliphatic rings. The zero-order valence-corrected chi connectivity index (χ0v) is 15.6. The molecule has 4 bridgehead atoms. The molecule has 2 aromatic rings. The second-order valence-corrected chi connectivity index (χ2v) is 7.97. The number of allylic oxidation sites excluding steroid dienone is 2. The van der Waals surface area contributed by atoms with Crippen LogP contribution in [-0.4, -0.2) is 40.4 Å². The van der Waals surface area contributed by atoms with Crippen LogP contribution < -0.4 is 4.90 Å². The van der Waals surface area contributed by atoms with Crippen molar-refractivity contribution < 1.29 is 9.13 Å². The molecular formula is C21H25FN4O. The molecular weight excluding hydrogens is 343 g/mol. The Bertz CT molecular complexity index is 918. The van der Waals surface area contributed by atoms with E-state index in [4.69, 9.17) is 9.72 Å². The normalized spacial score (nSPS) is 28.7. The summed E-state index contributed by atoms with van der Waals surface area (Å²) in [4.78, 5) is 7.00. The molecule has 2 aromatic heterocycles. The van der Waals surface area contributed by atoms with E-state index in [1.807, 2.05) is 18.3 Å². The summed E-state index contributed by atoms with van der Waals surface area (Å²) in [5, 5.41) is 4.38. The zero-order chi connectivity index (χ0) is 18.4. The number of hydrogen-bond donors (Lipinski definition) is 0. The molecule has 1 aliphatic heterocycles. The Morgan fingerprint density at radius 1 is 1.22 bits per heavy atom. The highest BCUT2D eigenvalue weighted by molar-refractivity contribution is 5.79. The van der Waals surface area contributed by atoms with Gasteiger partial charge in [-0.2, -0.15) is 5.10 Å². The van der Waals surface area contributed by atoms with E-state index in [0.29, 0.717) is 23.6 Å². The minimum atomic E-state index is -0.208. The minimum Gasteiger partial charge on any atom is -0.370 e. The van der Waals surface area contributed by atoms with Crippen molar-refractivity contribution in [3.05, 3.63) is 42.0 Å². The number of ether oxygens (including phenoxy) is 1. The molecule has 27 heavy (non-hydrogen) atoms. The summed E-state index contributed by atoms with van der Waals surface area (Å²) in [6.45, 7) is 0.939. The van der Waals surface area contributed by atoms with Gasteiger partial charge in [-0.05, 0) is 37.3 Å².